The summed E-state index contributed by atoms with van der Waals surface area (Å²) in [6.45, 7) is 2.07. The van der Waals surface area contributed by atoms with Crippen LogP contribution in [0.5, 0.6) is 0 Å². The molecule has 1 fully saturated rings. The van der Waals surface area contributed by atoms with Gasteiger partial charge in [0.05, 0.1) is 5.56 Å². The molecule has 0 radical (unpaired) electrons. The Hall–Kier alpha value is -3.12. The third-order valence-corrected chi connectivity index (χ3v) is 5.64. The van der Waals surface area contributed by atoms with Gasteiger partial charge < -0.3 is 14.8 Å². The summed E-state index contributed by atoms with van der Waals surface area (Å²) in [4.78, 5) is 25.8. The maximum atomic E-state index is 12.3. The number of hydrogen-bond acceptors (Lipinski definition) is 3. The highest BCUT2D eigenvalue weighted by atomic mass is 16.4. The van der Waals surface area contributed by atoms with E-state index >= 15 is 0 Å². The number of aliphatic carboxylic acids is 1. The minimum Gasteiger partial charge on any atom is -0.480 e. The van der Waals surface area contributed by atoms with E-state index in [1.54, 1.807) is 18.2 Å². The van der Waals surface area contributed by atoms with Gasteiger partial charge >= 0.3 is 11.9 Å². The zero-order valence-electron chi connectivity index (χ0n) is 16.1. The molecule has 29 heavy (non-hydrogen) atoms. The number of carboxylic acids is 2. The van der Waals surface area contributed by atoms with Gasteiger partial charge in [0.1, 0.15) is 6.04 Å². The first-order valence-corrected chi connectivity index (χ1v) is 9.91. The van der Waals surface area contributed by atoms with E-state index in [4.69, 9.17) is 0 Å². The zero-order chi connectivity index (χ0) is 20.4. The fourth-order valence-corrected chi connectivity index (χ4v) is 4.25. The van der Waals surface area contributed by atoms with Gasteiger partial charge in [0.15, 0.2) is 0 Å². The second kappa shape index (κ2) is 8.09. The van der Waals surface area contributed by atoms with Crippen LogP contribution in [0.2, 0.25) is 0 Å². The molecule has 0 amide bonds. The second-order valence-corrected chi connectivity index (χ2v) is 7.57. The van der Waals surface area contributed by atoms with E-state index < -0.39 is 18.0 Å². The Labute approximate surface area is 169 Å². The van der Waals surface area contributed by atoms with Crippen molar-refractivity contribution in [1.82, 2.24) is 9.47 Å². The molecule has 0 spiro atoms. The van der Waals surface area contributed by atoms with Gasteiger partial charge in [-0.3, -0.25) is 9.69 Å². The number of carboxylic acid groups (broad SMARTS) is 2. The van der Waals surface area contributed by atoms with E-state index in [1.807, 2.05) is 46.0 Å². The van der Waals surface area contributed by atoms with Crippen molar-refractivity contribution in [3.63, 3.8) is 0 Å². The Balaban J connectivity index is 1.85. The first-order chi connectivity index (χ1) is 14.0. The quantitative estimate of drug-likeness (QED) is 0.663. The lowest BCUT2D eigenvalue weighted by atomic mass is 10.00. The minimum absolute atomic E-state index is 0.166. The van der Waals surface area contributed by atoms with Crippen molar-refractivity contribution in [2.24, 2.45) is 0 Å². The lowest BCUT2D eigenvalue weighted by Crippen LogP contribution is -2.37. The Kier molecular flexibility index (Phi) is 5.36. The number of rotatable bonds is 6. The first kappa shape index (κ1) is 19.2. The van der Waals surface area contributed by atoms with Gasteiger partial charge in [-0.15, -0.1) is 0 Å². The lowest BCUT2D eigenvalue weighted by Gasteiger charge is -2.31. The molecular weight excluding hydrogens is 368 g/mol. The van der Waals surface area contributed by atoms with Crippen LogP contribution in [-0.4, -0.2) is 44.7 Å². The average molecular weight is 392 g/mol. The normalized spacial score (nSPS) is 16.0. The van der Waals surface area contributed by atoms with Crippen LogP contribution in [-0.2, 0) is 11.3 Å². The minimum atomic E-state index is -1.02. The predicted octanol–water partition coefficient (Wildman–Crippen LogP) is 4.00. The molecule has 2 heterocycles. The molecule has 0 saturated carbocycles. The molecule has 0 aliphatic carbocycles. The van der Waals surface area contributed by atoms with E-state index in [0.29, 0.717) is 17.5 Å². The van der Waals surface area contributed by atoms with Crippen molar-refractivity contribution in [1.29, 1.82) is 0 Å². The van der Waals surface area contributed by atoms with Gasteiger partial charge in [-0.2, -0.15) is 0 Å². The molecule has 1 aliphatic heterocycles. The van der Waals surface area contributed by atoms with Crippen LogP contribution in [0.4, 0.5) is 0 Å². The highest BCUT2D eigenvalue weighted by molar-refractivity contribution is 5.96. The molecule has 3 aromatic rings. The molecule has 150 valence electrons. The molecule has 0 unspecified atom stereocenters. The molecule has 6 heteroatoms. The fraction of sp³-hybridized carbons (Fsp3) is 0.304. The van der Waals surface area contributed by atoms with Crippen LogP contribution in [0, 0.1) is 0 Å². The number of piperidine rings is 1. The summed E-state index contributed by atoms with van der Waals surface area (Å²) in [5.41, 5.74) is 2.77. The summed E-state index contributed by atoms with van der Waals surface area (Å²) in [6, 6.07) is 14.1. The molecule has 1 aromatic heterocycles. The van der Waals surface area contributed by atoms with Crippen LogP contribution < -0.4 is 0 Å². The maximum absolute atomic E-state index is 12.3. The molecule has 2 N–H and O–H groups in total. The summed E-state index contributed by atoms with van der Waals surface area (Å²) in [7, 11) is 0. The van der Waals surface area contributed by atoms with E-state index in [-0.39, 0.29) is 5.56 Å². The monoisotopic (exact) mass is 392 g/mol. The summed E-state index contributed by atoms with van der Waals surface area (Å²) in [5.74, 6) is -1.91. The van der Waals surface area contributed by atoms with Crippen molar-refractivity contribution in [2.45, 2.75) is 31.8 Å². The molecule has 4 rings (SSSR count). The van der Waals surface area contributed by atoms with E-state index in [0.717, 1.165) is 43.4 Å². The molecule has 2 aromatic carbocycles. The summed E-state index contributed by atoms with van der Waals surface area (Å²) in [6.07, 6.45) is 4.96. The van der Waals surface area contributed by atoms with Gasteiger partial charge in [0, 0.05) is 29.2 Å². The first-order valence-electron chi connectivity index (χ1n) is 9.91. The molecule has 0 bridgehead atoms. The van der Waals surface area contributed by atoms with Crippen LogP contribution in [0.3, 0.4) is 0 Å². The Morgan fingerprint density at radius 1 is 0.966 bits per heavy atom. The van der Waals surface area contributed by atoms with Crippen LogP contribution in [0.25, 0.3) is 10.9 Å². The number of aromatic nitrogens is 1. The Morgan fingerprint density at radius 2 is 1.69 bits per heavy atom. The van der Waals surface area contributed by atoms with Crippen molar-refractivity contribution in [3.05, 3.63) is 71.4 Å². The molecule has 1 aliphatic rings. The highest BCUT2D eigenvalue weighted by Gasteiger charge is 2.31. The fourth-order valence-electron chi connectivity index (χ4n) is 4.25. The lowest BCUT2D eigenvalue weighted by molar-refractivity contribution is -0.144. The van der Waals surface area contributed by atoms with E-state index in [2.05, 4.69) is 0 Å². The number of aromatic carboxylic acids is 1. The van der Waals surface area contributed by atoms with Gasteiger partial charge in [-0.25, -0.2) is 4.79 Å². The van der Waals surface area contributed by atoms with Gasteiger partial charge in [-0.1, -0.05) is 36.8 Å². The third-order valence-electron chi connectivity index (χ3n) is 5.64. The van der Waals surface area contributed by atoms with Crippen molar-refractivity contribution >= 4 is 22.8 Å². The highest BCUT2D eigenvalue weighted by Crippen LogP contribution is 2.33. The molecule has 6 nitrogen and oxygen atoms in total. The number of benzene rings is 2. The maximum Gasteiger partial charge on any atom is 0.335 e. The summed E-state index contributed by atoms with van der Waals surface area (Å²) >= 11 is 0. The number of fused-ring (bicyclic) bond motifs is 1. The van der Waals surface area contributed by atoms with Crippen molar-refractivity contribution in [3.8, 4) is 0 Å². The number of likely N-dealkylation sites (tertiary alicyclic amines) is 1. The number of nitrogens with zero attached hydrogens (tertiary/aromatic N) is 2. The third kappa shape index (κ3) is 3.89. The summed E-state index contributed by atoms with van der Waals surface area (Å²) in [5, 5.41) is 20.2. The molecule has 1 atom stereocenters. The Morgan fingerprint density at radius 3 is 2.34 bits per heavy atom. The van der Waals surface area contributed by atoms with Gasteiger partial charge in [0.25, 0.3) is 0 Å². The molecule has 1 saturated heterocycles. The Bertz CT molecular complexity index is 1040. The summed E-state index contributed by atoms with van der Waals surface area (Å²) < 4.78 is 2.02. The predicted molar refractivity (Wildman–Crippen MR) is 110 cm³/mol. The topological polar surface area (TPSA) is 82.8 Å². The van der Waals surface area contributed by atoms with Crippen molar-refractivity contribution in [2.75, 3.05) is 13.1 Å². The average Bonchev–Trinajstić information content (AvgIpc) is 3.07. The van der Waals surface area contributed by atoms with Crippen LogP contribution >= 0.6 is 0 Å². The van der Waals surface area contributed by atoms with E-state index in [1.165, 1.54) is 0 Å². The molecular formula is C23H24N2O4. The largest absolute Gasteiger partial charge is 0.480 e. The zero-order valence-corrected chi connectivity index (χ0v) is 16.1. The standard InChI is InChI=1S/C23H24N2O4/c26-22(27)17-9-10-20-18(13-17)19(15-25(20)14-16-7-3-1-4-8-16)21(23(28)29)24-11-5-2-6-12-24/h1,3-4,7-10,13,15,21H,2,5-6,11-12,14H2,(H,26,27)(H,28,29)/t21-/m1/s1. The number of carbonyl (C=O) groups is 2. The number of hydrogen-bond donors (Lipinski definition) is 2. The SMILES string of the molecule is O=C(O)c1ccc2c(c1)c([C@H](C(=O)O)N1CCCCC1)cn2Cc1ccccc1. The van der Waals surface area contributed by atoms with Crippen molar-refractivity contribution < 1.29 is 19.8 Å². The second-order valence-electron chi connectivity index (χ2n) is 7.57. The van der Waals surface area contributed by atoms with Gasteiger partial charge in [-0.05, 0) is 49.7 Å². The van der Waals surface area contributed by atoms with Crippen LogP contribution in [0.1, 0.15) is 46.8 Å². The van der Waals surface area contributed by atoms with Crippen LogP contribution in [0.15, 0.2) is 54.7 Å². The van der Waals surface area contributed by atoms with E-state index in [9.17, 15) is 19.8 Å². The smallest absolute Gasteiger partial charge is 0.335 e. The van der Waals surface area contributed by atoms with Gasteiger partial charge in [0.2, 0.25) is 0 Å².